The van der Waals surface area contributed by atoms with Gasteiger partial charge in [-0.15, -0.1) is 0 Å². The van der Waals surface area contributed by atoms with Crippen molar-refractivity contribution < 1.29 is 14.0 Å². The van der Waals surface area contributed by atoms with Gasteiger partial charge in [0.25, 0.3) is 0 Å². The van der Waals surface area contributed by atoms with Crippen molar-refractivity contribution in [2.45, 2.75) is 0 Å². The fourth-order valence-electron chi connectivity index (χ4n) is 1.86. The minimum atomic E-state index is -0.572. The smallest absolute Gasteiger partial charge is 0.307 e. The molecule has 0 fully saturated rings. The summed E-state index contributed by atoms with van der Waals surface area (Å²) >= 11 is 0. The van der Waals surface area contributed by atoms with Gasteiger partial charge in [0, 0.05) is 12.4 Å². The molecule has 0 aliphatic rings. The Labute approximate surface area is 141 Å². The summed E-state index contributed by atoms with van der Waals surface area (Å²) in [5, 5.41) is 7.56. The summed E-state index contributed by atoms with van der Waals surface area (Å²) < 4.78 is 5.20. The number of nitrogens with zero attached hydrogens (tertiary/aromatic N) is 2. The van der Waals surface area contributed by atoms with E-state index in [1.54, 1.807) is 36.7 Å². The zero-order valence-corrected chi connectivity index (χ0v) is 12.9. The molecule has 0 aliphatic carbocycles. The molecule has 3 aromatic rings. The van der Waals surface area contributed by atoms with Crippen LogP contribution < -0.4 is 10.9 Å². The number of hydrogen-bond acceptors (Lipinski definition) is 5. The van der Waals surface area contributed by atoms with E-state index < -0.39 is 11.8 Å². The zero-order chi connectivity index (χ0) is 17.5. The number of amides is 2. The van der Waals surface area contributed by atoms with E-state index in [2.05, 4.69) is 31.0 Å². The molecule has 0 saturated heterocycles. The number of aromatic amines is 2. The highest BCUT2D eigenvalue weighted by Gasteiger charge is 2.15. The van der Waals surface area contributed by atoms with Gasteiger partial charge >= 0.3 is 11.8 Å². The van der Waals surface area contributed by atoms with Crippen LogP contribution in [-0.2, 0) is 0 Å². The quantitative estimate of drug-likeness (QED) is 0.401. The van der Waals surface area contributed by atoms with E-state index in [4.69, 9.17) is 4.42 Å². The molecule has 9 heteroatoms. The fraction of sp³-hybridized carbons (Fsp3) is 0. The van der Waals surface area contributed by atoms with E-state index in [1.807, 2.05) is 0 Å². The Balaban J connectivity index is 1.54. The monoisotopic (exact) mass is 338 g/mol. The Morgan fingerprint density at radius 1 is 0.840 bits per heavy atom. The third-order valence-electron chi connectivity index (χ3n) is 3.04. The first-order chi connectivity index (χ1) is 12.2. The van der Waals surface area contributed by atoms with Crippen molar-refractivity contribution in [2.24, 2.45) is 10.2 Å². The van der Waals surface area contributed by atoms with Crippen LogP contribution in [0, 0.1) is 0 Å². The predicted molar refractivity (Wildman–Crippen MR) is 90.4 cm³/mol. The van der Waals surface area contributed by atoms with Crippen molar-refractivity contribution in [1.29, 1.82) is 0 Å². The molecule has 0 spiro atoms. The Bertz CT molecular complexity index is 818. The highest BCUT2D eigenvalue weighted by molar-refractivity contribution is 5.96. The van der Waals surface area contributed by atoms with Crippen molar-refractivity contribution in [3.05, 3.63) is 71.7 Å². The number of carbonyl (C=O) groups excluding carboxylic acids is 2. The number of hydrogen-bond donors (Lipinski definition) is 4. The van der Waals surface area contributed by atoms with Gasteiger partial charge in [-0.05, 0) is 36.4 Å². The number of hydrazone groups is 2. The van der Waals surface area contributed by atoms with Crippen LogP contribution in [-0.4, -0.2) is 34.2 Å². The molecule has 2 amide bonds. The second-order valence-electron chi connectivity index (χ2n) is 4.81. The third-order valence-corrected chi connectivity index (χ3v) is 3.04. The maximum Gasteiger partial charge on any atom is 0.307 e. The van der Waals surface area contributed by atoms with Gasteiger partial charge in [-0.1, -0.05) is 0 Å². The van der Waals surface area contributed by atoms with Crippen molar-refractivity contribution in [2.75, 3.05) is 0 Å². The van der Waals surface area contributed by atoms with E-state index in [9.17, 15) is 9.59 Å². The molecule has 126 valence electrons. The first-order valence-electron chi connectivity index (χ1n) is 7.26. The highest BCUT2D eigenvalue weighted by atomic mass is 16.4. The molecule has 0 radical (unpaired) electrons. The molecular weight excluding hydrogens is 324 g/mol. The minimum absolute atomic E-state index is 0.0397. The summed E-state index contributed by atoms with van der Waals surface area (Å²) in [6.45, 7) is 0. The van der Waals surface area contributed by atoms with E-state index in [1.165, 1.54) is 24.6 Å². The lowest BCUT2D eigenvalue weighted by atomic mass is 10.4. The van der Waals surface area contributed by atoms with Crippen molar-refractivity contribution >= 4 is 24.2 Å². The maximum atomic E-state index is 11.9. The topological polar surface area (TPSA) is 128 Å². The van der Waals surface area contributed by atoms with Crippen LogP contribution in [0.3, 0.4) is 0 Å². The number of nitrogens with one attached hydrogen (secondary N) is 4. The van der Waals surface area contributed by atoms with E-state index in [0.717, 1.165) is 11.4 Å². The summed E-state index contributed by atoms with van der Waals surface area (Å²) in [5.74, 6) is -1.22. The highest BCUT2D eigenvalue weighted by Crippen LogP contribution is 2.07. The Kier molecular flexibility index (Phi) is 4.86. The standard InChI is InChI=1S/C16H14N6O3/c23-15(21-19-9-11-3-1-7-17-11)13-5-6-14(25-13)16(24)22-20-10-12-4-2-8-18-12/h1-10,17-18H,(H,21,23)(H,22,24)/b19-9+,20-10+. The number of carbonyl (C=O) groups is 2. The van der Waals surface area contributed by atoms with Crippen LogP contribution >= 0.6 is 0 Å². The lowest BCUT2D eigenvalue weighted by Gasteiger charge is -1.96. The van der Waals surface area contributed by atoms with Crippen LogP contribution in [0.15, 0.2) is 63.4 Å². The lowest BCUT2D eigenvalue weighted by Crippen LogP contribution is -2.18. The summed E-state index contributed by atoms with van der Waals surface area (Å²) in [7, 11) is 0. The molecule has 3 rings (SSSR count). The molecule has 0 atom stereocenters. The Morgan fingerprint density at radius 2 is 1.32 bits per heavy atom. The van der Waals surface area contributed by atoms with Gasteiger partial charge in [0.05, 0.1) is 23.8 Å². The summed E-state index contributed by atoms with van der Waals surface area (Å²) in [6, 6.07) is 9.95. The molecule has 3 heterocycles. The van der Waals surface area contributed by atoms with Gasteiger partial charge in [0.1, 0.15) is 0 Å². The first-order valence-corrected chi connectivity index (χ1v) is 7.26. The van der Waals surface area contributed by atoms with Gasteiger partial charge < -0.3 is 14.4 Å². The SMILES string of the molecule is O=C(N/N=C/c1ccc[nH]1)c1ccc(C(=O)N/N=C/c2ccc[nH]2)o1. The number of furan rings is 1. The van der Waals surface area contributed by atoms with Gasteiger partial charge in [0.2, 0.25) is 0 Å². The number of H-pyrrole nitrogens is 2. The minimum Gasteiger partial charge on any atom is -0.446 e. The predicted octanol–water partition coefficient (Wildman–Crippen LogP) is 1.46. The molecule has 0 aromatic carbocycles. The summed E-state index contributed by atoms with van der Waals surface area (Å²) in [4.78, 5) is 29.6. The van der Waals surface area contributed by atoms with Gasteiger partial charge in [-0.25, -0.2) is 10.9 Å². The average Bonchev–Trinajstić information content (AvgIpc) is 3.36. The molecule has 0 aliphatic heterocycles. The summed E-state index contributed by atoms with van der Waals surface area (Å²) in [5.41, 5.74) is 6.08. The first kappa shape index (κ1) is 16.0. The molecule has 25 heavy (non-hydrogen) atoms. The van der Waals surface area contributed by atoms with Crippen LogP contribution in [0.1, 0.15) is 32.5 Å². The molecule has 0 saturated carbocycles. The third kappa shape index (κ3) is 4.32. The zero-order valence-electron chi connectivity index (χ0n) is 12.9. The average molecular weight is 338 g/mol. The van der Waals surface area contributed by atoms with Crippen LogP contribution in [0.2, 0.25) is 0 Å². The number of aromatic nitrogens is 2. The fourth-order valence-corrected chi connectivity index (χ4v) is 1.86. The van der Waals surface area contributed by atoms with Crippen molar-refractivity contribution in [3.8, 4) is 0 Å². The number of rotatable bonds is 6. The molecule has 0 bridgehead atoms. The van der Waals surface area contributed by atoms with Gasteiger partial charge in [0.15, 0.2) is 11.5 Å². The molecule has 3 aromatic heterocycles. The molecule has 9 nitrogen and oxygen atoms in total. The normalized spacial score (nSPS) is 11.2. The molecule has 0 unspecified atom stereocenters. The summed E-state index contributed by atoms with van der Waals surface area (Å²) in [6.07, 6.45) is 6.37. The van der Waals surface area contributed by atoms with Gasteiger partial charge in [-0.2, -0.15) is 10.2 Å². The second-order valence-corrected chi connectivity index (χ2v) is 4.81. The lowest BCUT2D eigenvalue weighted by molar-refractivity contribution is 0.0902. The largest absolute Gasteiger partial charge is 0.446 e. The van der Waals surface area contributed by atoms with Crippen LogP contribution in [0.5, 0.6) is 0 Å². The molecule has 4 N–H and O–H groups in total. The van der Waals surface area contributed by atoms with E-state index in [-0.39, 0.29) is 11.5 Å². The van der Waals surface area contributed by atoms with Crippen molar-refractivity contribution in [3.63, 3.8) is 0 Å². The van der Waals surface area contributed by atoms with E-state index >= 15 is 0 Å². The Hall–Kier alpha value is -3.88. The molecular formula is C16H14N6O3. The van der Waals surface area contributed by atoms with E-state index in [0.29, 0.717) is 0 Å². The van der Waals surface area contributed by atoms with Gasteiger partial charge in [-0.3, -0.25) is 9.59 Å². The van der Waals surface area contributed by atoms with Crippen molar-refractivity contribution in [1.82, 2.24) is 20.8 Å². The van der Waals surface area contributed by atoms with Crippen LogP contribution in [0.4, 0.5) is 0 Å². The second kappa shape index (κ2) is 7.59. The maximum absolute atomic E-state index is 11.9. The van der Waals surface area contributed by atoms with Crippen LogP contribution in [0.25, 0.3) is 0 Å². The Morgan fingerprint density at radius 3 is 1.72 bits per heavy atom.